The van der Waals surface area contributed by atoms with E-state index in [1.54, 1.807) is 6.92 Å². The van der Waals surface area contributed by atoms with Crippen molar-refractivity contribution < 1.29 is 19.1 Å². The quantitative estimate of drug-likeness (QED) is 0.615. The van der Waals surface area contributed by atoms with Crippen LogP contribution in [0.5, 0.6) is 0 Å². The van der Waals surface area contributed by atoms with Gasteiger partial charge in [-0.05, 0) is 23.8 Å². The van der Waals surface area contributed by atoms with Gasteiger partial charge in [0.25, 0.3) is 0 Å². The van der Waals surface area contributed by atoms with E-state index in [-0.39, 0.29) is 30.3 Å². The molecule has 27 heavy (non-hydrogen) atoms. The summed E-state index contributed by atoms with van der Waals surface area (Å²) in [5.41, 5.74) is 0.882. The molecule has 6 nitrogen and oxygen atoms in total. The smallest absolute Gasteiger partial charge is 0.329 e. The maximum absolute atomic E-state index is 12.7. The molecule has 6 heteroatoms. The van der Waals surface area contributed by atoms with Gasteiger partial charge in [-0.3, -0.25) is 9.59 Å². The van der Waals surface area contributed by atoms with Crippen molar-refractivity contribution in [3.63, 3.8) is 0 Å². The van der Waals surface area contributed by atoms with E-state index in [0.29, 0.717) is 12.8 Å². The molecule has 0 heterocycles. The van der Waals surface area contributed by atoms with Gasteiger partial charge in [0.1, 0.15) is 18.7 Å². The van der Waals surface area contributed by atoms with Crippen LogP contribution >= 0.6 is 0 Å². The van der Waals surface area contributed by atoms with E-state index in [1.807, 2.05) is 58.0 Å². The Morgan fingerprint density at radius 2 is 1.63 bits per heavy atom. The Morgan fingerprint density at radius 1 is 1.00 bits per heavy atom. The predicted octanol–water partition coefficient (Wildman–Crippen LogP) is 2.81. The summed E-state index contributed by atoms with van der Waals surface area (Å²) in [6.07, 6.45) is 0.802. The summed E-state index contributed by atoms with van der Waals surface area (Å²) in [5.74, 6) is -0.948. The van der Waals surface area contributed by atoms with Crippen molar-refractivity contribution >= 4 is 17.8 Å². The lowest BCUT2D eigenvalue weighted by atomic mass is 10.0. The number of nitrogens with one attached hydrogen (secondary N) is 2. The van der Waals surface area contributed by atoms with Gasteiger partial charge in [-0.25, -0.2) is 4.79 Å². The highest BCUT2D eigenvalue weighted by Gasteiger charge is 2.30. The van der Waals surface area contributed by atoms with Crippen LogP contribution in [0.2, 0.25) is 0 Å². The average Bonchev–Trinajstić information content (AvgIpc) is 2.63. The van der Waals surface area contributed by atoms with Gasteiger partial charge in [-0.1, -0.05) is 65.0 Å². The molecule has 0 radical (unpaired) electrons. The zero-order valence-electron chi connectivity index (χ0n) is 17.0. The van der Waals surface area contributed by atoms with E-state index < -0.39 is 18.1 Å². The van der Waals surface area contributed by atoms with E-state index >= 15 is 0 Å². The second-order valence-corrected chi connectivity index (χ2v) is 7.43. The van der Waals surface area contributed by atoms with Crippen LogP contribution in [0, 0.1) is 11.8 Å². The molecule has 0 aliphatic carbocycles. The zero-order valence-corrected chi connectivity index (χ0v) is 17.0. The van der Waals surface area contributed by atoms with Crippen LogP contribution in [0.25, 0.3) is 0 Å². The fraction of sp³-hybridized carbons (Fsp3) is 0.571. The van der Waals surface area contributed by atoms with Crippen molar-refractivity contribution in [3.05, 3.63) is 35.9 Å². The van der Waals surface area contributed by atoms with Crippen LogP contribution in [0.1, 0.15) is 53.0 Å². The van der Waals surface area contributed by atoms with Crippen molar-refractivity contribution in [1.82, 2.24) is 10.6 Å². The Balaban J connectivity index is 2.75. The first-order valence-electron chi connectivity index (χ1n) is 9.54. The summed E-state index contributed by atoms with van der Waals surface area (Å²) in [4.78, 5) is 36.9. The Labute approximate surface area is 162 Å². The molecule has 0 spiro atoms. The number of hydrogen-bond donors (Lipinski definition) is 2. The lowest BCUT2D eigenvalue weighted by Gasteiger charge is -2.25. The Kier molecular flexibility index (Phi) is 9.54. The average molecular weight is 376 g/mol. The number of ether oxygens (including phenoxy) is 1. The third kappa shape index (κ3) is 8.24. The number of carbonyl (C=O) groups is 3. The molecule has 1 aromatic carbocycles. The van der Waals surface area contributed by atoms with Gasteiger partial charge in [0, 0.05) is 6.42 Å². The molecule has 0 aliphatic rings. The van der Waals surface area contributed by atoms with Crippen molar-refractivity contribution in [3.8, 4) is 0 Å². The van der Waals surface area contributed by atoms with Gasteiger partial charge in [0.05, 0.1) is 0 Å². The first kappa shape index (κ1) is 22.7. The molecule has 0 bridgehead atoms. The Morgan fingerprint density at radius 3 is 2.15 bits per heavy atom. The summed E-state index contributed by atoms with van der Waals surface area (Å²) in [5, 5.41) is 5.49. The molecule has 2 atom stereocenters. The van der Waals surface area contributed by atoms with Gasteiger partial charge in [0.15, 0.2) is 0 Å². The maximum atomic E-state index is 12.7. The highest BCUT2D eigenvalue weighted by Crippen LogP contribution is 2.10. The van der Waals surface area contributed by atoms with Crippen molar-refractivity contribution in [2.75, 3.05) is 0 Å². The van der Waals surface area contributed by atoms with Gasteiger partial charge in [-0.2, -0.15) is 0 Å². The molecule has 150 valence electrons. The summed E-state index contributed by atoms with van der Waals surface area (Å²) in [6, 6.07) is 7.94. The Bertz CT molecular complexity index is 614. The molecule has 1 rings (SSSR count). The van der Waals surface area contributed by atoms with Crippen LogP contribution in [0.3, 0.4) is 0 Å². The topological polar surface area (TPSA) is 84.5 Å². The Hall–Kier alpha value is -2.37. The van der Waals surface area contributed by atoms with E-state index in [4.69, 9.17) is 4.74 Å². The lowest BCUT2D eigenvalue weighted by molar-refractivity contribution is -0.150. The third-order valence-corrected chi connectivity index (χ3v) is 4.12. The van der Waals surface area contributed by atoms with Gasteiger partial charge in [-0.15, -0.1) is 0 Å². The van der Waals surface area contributed by atoms with Crippen LogP contribution in [0.15, 0.2) is 30.3 Å². The highest BCUT2D eigenvalue weighted by molar-refractivity contribution is 5.90. The largest absolute Gasteiger partial charge is 0.459 e. The summed E-state index contributed by atoms with van der Waals surface area (Å²) in [7, 11) is 0. The normalized spacial score (nSPS) is 13.1. The van der Waals surface area contributed by atoms with Gasteiger partial charge in [0.2, 0.25) is 11.8 Å². The minimum atomic E-state index is -0.769. The van der Waals surface area contributed by atoms with Gasteiger partial charge >= 0.3 is 5.97 Å². The standard InChI is InChI=1S/C21H32N2O4/c1-6-18(24)22-17(12-14(2)3)20(25)23-19(15(4)5)21(26)27-13-16-10-8-7-9-11-16/h7-11,14-15,17,19H,6,12-13H2,1-5H3,(H,22,24)(H,23,25). The monoisotopic (exact) mass is 376 g/mol. The van der Waals surface area contributed by atoms with Crippen molar-refractivity contribution in [1.29, 1.82) is 0 Å². The molecule has 0 saturated carbocycles. The fourth-order valence-electron chi connectivity index (χ4n) is 2.57. The minimum Gasteiger partial charge on any atom is -0.459 e. The molecule has 1 aromatic rings. The zero-order chi connectivity index (χ0) is 20.4. The predicted molar refractivity (Wildman–Crippen MR) is 105 cm³/mol. The van der Waals surface area contributed by atoms with E-state index in [9.17, 15) is 14.4 Å². The summed E-state index contributed by atoms with van der Waals surface area (Å²) >= 11 is 0. The van der Waals surface area contributed by atoms with Crippen LogP contribution in [-0.4, -0.2) is 29.9 Å². The fourth-order valence-corrected chi connectivity index (χ4v) is 2.57. The molecular weight excluding hydrogens is 344 g/mol. The van der Waals surface area contributed by atoms with Crippen LogP contribution in [-0.2, 0) is 25.7 Å². The molecule has 0 saturated heterocycles. The number of benzene rings is 1. The lowest BCUT2D eigenvalue weighted by Crippen LogP contribution is -2.53. The van der Waals surface area contributed by atoms with Crippen molar-refractivity contribution in [2.24, 2.45) is 11.8 Å². The maximum Gasteiger partial charge on any atom is 0.329 e. The number of hydrogen-bond acceptors (Lipinski definition) is 4. The SMILES string of the molecule is CCC(=O)NC(CC(C)C)C(=O)NC(C(=O)OCc1ccccc1)C(C)C. The van der Waals surface area contributed by atoms with Crippen LogP contribution in [0.4, 0.5) is 0 Å². The third-order valence-electron chi connectivity index (χ3n) is 4.12. The number of carbonyl (C=O) groups excluding carboxylic acids is 3. The van der Waals surface area contributed by atoms with Crippen molar-refractivity contribution in [2.45, 2.75) is 66.2 Å². The molecule has 2 unspecified atom stereocenters. The summed E-state index contributed by atoms with van der Waals surface area (Å²) in [6.45, 7) is 9.53. The molecule has 2 amide bonds. The number of rotatable bonds is 10. The van der Waals surface area contributed by atoms with E-state index in [0.717, 1.165) is 5.56 Å². The summed E-state index contributed by atoms with van der Waals surface area (Å²) < 4.78 is 5.37. The molecule has 0 fully saturated rings. The second kappa shape index (κ2) is 11.4. The number of esters is 1. The number of amides is 2. The van der Waals surface area contributed by atoms with Crippen LogP contribution < -0.4 is 10.6 Å². The van der Waals surface area contributed by atoms with E-state index in [1.165, 1.54) is 0 Å². The minimum absolute atomic E-state index is 0.140. The van der Waals surface area contributed by atoms with Gasteiger partial charge < -0.3 is 15.4 Å². The highest BCUT2D eigenvalue weighted by atomic mass is 16.5. The first-order chi connectivity index (χ1) is 12.7. The first-order valence-corrected chi connectivity index (χ1v) is 9.54. The molecule has 0 aromatic heterocycles. The van der Waals surface area contributed by atoms with E-state index in [2.05, 4.69) is 10.6 Å². The molecule has 2 N–H and O–H groups in total. The second-order valence-electron chi connectivity index (χ2n) is 7.43. The molecular formula is C21H32N2O4. The molecule has 0 aliphatic heterocycles.